The Balaban J connectivity index is 1.25. The first-order chi connectivity index (χ1) is 15.8. The maximum Gasteiger partial charge on any atom is 0.434 e. The van der Waals surface area contributed by atoms with Crippen molar-refractivity contribution in [3.63, 3.8) is 0 Å². The summed E-state index contributed by atoms with van der Waals surface area (Å²) in [4.78, 5) is 23.8. The van der Waals surface area contributed by atoms with Gasteiger partial charge in [0.05, 0.1) is 36.4 Å². The minimum atomic E-state index is -4.56. The van der Waals surface area contributed by atoms with Gasteiger partial charge in [-0.15, -0.1) is 0 Å². The van der Waals surface area contributed by atoms with Gasteiger partial charge in [0.25, 0.3) is 5.91 Å². The van der Waals surface area contributed by atoms with E-state index in [1.54, 1.807) is 4.90 Å². The van der Waals surface area contributed by atoms with Crippen molar-refractivity contribution in [1.82, 2.24) is 29.9 Å². The summed E-state index contributed by atoms with van der Waals surface area (Å²) in [5, 5.41) is 11.2. The van der Waals surface area contributed by atoms with Gasteiger partial charge in [0.1, 0.15) is 17.3 Å². The van der Waals surface area contributed by atoms with Crippen LogP contribution in [0.25, 0.3) is 5.69 Å². The molecular formula is C21H17F4N7O. The lowest BCUT2D eigenvalue weighted by atomic mass is 9.71. The standard InChI is InChI=1S/C21H17F4N7O/c22-12-1-2-13(15(5-12)32-28-3-4-29-32)19(33)31-10-11-6-20(11)7-14(18(20)31)30-17-9-26-16(8-27-17)21(23,24)25/h1-5,8-9,11,14,18H,6-7,10H2,(H,27,30). The molecule has 2 aromatic heterocycles. The van der Waals surface area contributed by atoms with Gasteiger partial charge in [-0.1, -0.05) is 0 Å². The number of hydrogen-bond donors (Lipinski definition) is 1. The van der Waals surface area contributed by atoms with E-state index < -0.39 is 17.7 Å². The van der Waals surface area contributed by atoms with E-state index in [1.165, 1.54) is 35.4 Å². The van der Waals surface area contributed by atoms with Crippen LogP contribution in [0.2, 0.25) is 0 Å². The number of hydrogen-bond acceptors (Lipinski definition) is 6. The molecule has 6 rings (SSSR count). The van der Waals surface area contributed by atoms with Crippen molar-refractivity contribution in [2.45, 2.75) is 31.1 Å². The van der Waals surface area contributed by atoms with E-state index in [9.17, 15) is 22.4 Å². The highest BCUT2D eigenvalue weighted by molar-refractivity contribution is 5.98. The molecule has 1 spiro atoms. The molecule has 1 N–H and O–H groups in total. The van der Waals surface area contributed by atoms with Crippen LogP contribution in [0, 0.1) is 17.2 Å². The summed E-state index contributed by atoms with van der Waals surface area (Å²) in [5.74, 6) is -0.162. The fourth-order valence-electron chi connectivity index (χ4n) is 5.44. The SMILES string of the molecule is O=C(c1ccc(F)cc1-n1nccn1)N1CC2CC23CC(Nc2cnc(C(F)(F)F)cn2)C13. The molecule has 12 heteroatoms. The van der Waals surface area contributed by atoms with Gasteiger partial charge >= 0.3 is 6.18 Å². The molecule has 1 aliphatic heterocycles. The van der Waals surface area contributed by atoms with Crippen LogP contribution < -0.4 is 5.32 Å². The number of benzene rings is 1. The number of carbonyl (C=O) groups is 1. The summed E-state index contributed by atoms with van der Waals surface area (Å²) in [5.41, 5.74) is -0.508. The quantitative estimate of drug-likeness (QED) is 0.604. The van der Waals surface area contributed by atoms with Crippen LogP contribution >= 0.6 is 0 Å². The highest BCUT2D eigenvalue weighted by Gasteiger charge is 2.75. The van der Waals surface area contributed by atoms with Crippen molar-refractivity contribution < 1.29 is 22.4 Å². The number of piperidine rings is 1. The number of anilines is 1. The maximum absolute atomic E-state index is 13.9. The second kappa shape index (κ2) is 6.72. The van der Waals surface area contributed by atoms with E-state index in [-0.39, 0.29) is 40.5 Å². The maximum atomic E-state index is 13.9. The number of rotatable bonds is 4. The number of nitrogens with zero attached hydrogens (tertiary/aromatic N) is 6. The van der Waals surface area contributed by atoms with Gasteiger partial charge in [-0.2, -0.15) is 28.2 Å². The van der Waals surface area contributed by atoms with Gasteiger partial charge in [-0.25, -0.2) is 14.4 Å². The molecule has 4 unspecified atom stereocenters. The van der Waals surface area contributed by atoms with Gasteiger partial charge in [0.15, 0.2) is 5.69 Å². The number of aromatic nitrogens is 5. The first-order valence-corrected chi connectivity index (χ1v) is 10.4. The predicted molar refractivity (Wildman–Crippen MR) is 106 cm³/mol. The summed E-state index contributed by atoms with van der Waals surface area (Å²) in [6.45, 7) is 0.573. The summed E-state index contributed by atoms with van der Waals surface area (Å²) in [6.07, 6.45) is 1.88. The highest BCUT2D eigenvalue weighted by Crippen LogP contribution is 2.71. The van der Waals surface area contributed by atoms with Gasteiger partial charge in [0.2, 0.25) is 0 Å². The summed E-state index contributed by atoms with van der Waals surface area (Å²) in [7, 11) is 0. The van der Waals surface area contributed by atoms with Crippen molar-refractivity contribution in [3.8, 4) is 5.69 Å². The Morgan fingerprint density at radius 3 is 2.61 bits per heavy atom. The van der Waals surface area contributed by atoms with Crippen molar-refractivity contribution in [3.05, 3.63) is 60.1 Å². The fourth-order valence-corrected chi connectivity index (χ4v) is 5.44. The molecule has 1 amide bonds. The molecule has 8 nitrogen and oxygen atoms in total. The summed E-state index contributed by atoms with van der Waals surface area (Å²) >= 11 is 0. The molecule has 3 fully saturated rings. The Labute approximate surface area is 184 Å². The third-order valence-corrected chi connectivity index (χ3v) is 6.96. The number of carbonyl (C=O) groups excluding carboxylic acids is 1. The lowest BCUT2D eigenvalue weighted by Gasteiger charge is -2.48. The van der Waals surface area contributed by atoms with Crippen LogP contribution in [0.1, 0.15) is 28.9 Å². The number of amides is 1. The van der Waals surface area contributed by atoms with Crippen LogP contribution in [-0.2, 0) is 6.18 Å². The van der Waals surface area contributed by atoms with Crippen molar-refractivity contribution >= 4 is 11.7 Å². The Morgan fingerprint density at radius 2 is 1.91 bits per heavy atom. The molecule has 33 heavy (non-hydrogen) atoms. The van der Waals surface area contributed by atoms with Gasteiger partial charge in [-0.05, 0) is 36.3 Å². The van der Waals surface area contributed by atoms with Gasteiger partial charge in [0, 0.05) is 18.7 Å². The van der Waals surface area contributed by atoms with Crippen LogP contribution in [-0.4, -0.2) is 54.4 Å². The van der Waals surface area contributed by atoms with Crippen LogP contribution in [0.15, 0.2) is 43.0 Å². The molecular weight excluding hydrogens is 442 g/mol. The average Bonchev–Trinajstić information content (AvgIpc) is 3.14. The molecule has 3 heterocycles. The van der Waals surface area contributed by atoms with Crippen molar-refractivity contribution in [2.24, 2.45) is 11.3 Å². The lowest BCUT2D eigenvalue weighted by Crippen LogP contribution is -2.60. The Bertz CT molecular complexity index is 1230. The Hall–Kier alpha value is -3.57. The number of likely N-dealkylation sites (tertiary alicyclic amines) is 1. The van der Waals surface area contributed by atoms with Crippen molar-refractivity contribution in [1.29, 1.82) is 0 Å². The number of alkyl halides is 3. The Morgan fingerprint density at radius 1 is 1.12 bits per heavy atom. The van der Waals surface area contributed by atoms with Crippen LogP contribution in [0.3, 0.4) is 0 Å². The minimum Gasteiger partial charge on any atom is -0.364 e. The molecule has 2 saturated carbocycles. The zero-order valence-corrected chi connectivity index (χ0v) is 17.0. The number of halogens is 4. The molecule has 0 bridgehead atoms. The number of nitrogens with one attached hydrogen (secondary N) is 1. The van der Waals surface area contributed by atoms with E-state index in [0.717, 1.165) is 19.0 Å². The third-order valence-electron chi connectivity index (χ3n) is 6.96. The average molecular weight is 459 g/mol. The second-order valence-electron chi connectivity index (χ2n) is 8.76. The minimum absolute atomic E-state index is 0.0246. The lowest BCUT2D eigenvalue weighted by molar-refractivity contribution is -0.141. The predicted octanol–water partition coefficient (Wildman–Crippen LogP) is 2.93. The third kappa shape index (κ3) is 3.07. The fraction of sp³-hybridized carbons (Fsp3) is 0.381. The largest absolute Gasteiger partial charge is 0.434 e. The normalized spacial score (nSPS) is 27.5. The first kappa shape index (κ1) is 20.1. The molecule has 0 radical (unpaired) electrons. The summed E-state index contributed by atoms with van der Waals surface area (Å²) in [6, 6.07) is 3.56. The van der Waals surface area contributed by atoms with E-state index in [4.69, 9.17) is 0 Å². The molecule has 4 atom stereocenters. The van der Waals surface area contributed by atoms with Crippen molar-refractivity contribution in [2.75, 3.05) is 11.9 Å². The zero-order chi connectivity index (χ0) is 23.0. The van der Waals surface area contributed by atoms with E-state index in [0.29, 0.717) is 18.7 Å². The summed E-state index contributed by atoms with van der Waals surface area (Å²) < 4.78 is 52.2. The van der Waals surface area contributed by atoms with Gasteiger partial charge in [-0.3, -0.25) is 4.79 Å². The molecule has 170 valence electrons. The molecule has 3 aliphatic rings. The molecule has 1 aromatic carbocycles. The highest BCUT2D eigenvalue weighted by atomic mass is 19.4. The van der Waals surface area contributed by atoms with Crippen LogP contribution in [0.4, 0.5) is 23.4 Å². The second-order valence-corrected chi connectivity index (χ2v) is 8.76. The van der Waals surface area contributed by atoms with Crippen LogP contribution in [0.5, 0.6) is 0 Å². The smallest absolute Gasteiger partial charge is 0.364 e. The topological polar surface area (TPSA) is 88.8 Å². The molecule has 2 aliphatic carbocycles. The van der Waals surface area contributed by atoms with Gasteiger partial charge < -0.3 is 10.2 Å². The first-order valence-electron chi connectivity index (χ1n) is 10.4. The molecule has 3 aromatic rings. The zero-order valence-electron chi connectivity index (χ0n) is 17.0. The van der Waals surface area contributed by atoms with E-state index >= 15 is 0 Å². The molecule has 1 saturated heterocycles. The monoisotopic (exact) mass is 459 g/mol. The van der Waals surface area contributed by atoms with E-state index in [2.05, 4.69) is 25.5 Å². The van der Waals surface area contributed by atoms with E-state index in [1.807, 2.05) is 0 Å². The Kier molecular flexibility index (Phi) is 4.08.